The Balaban J connectivity index is 0.000000144. The molecule has 4 aromatic carbocycles. The Labute approximate surface area is 353 Å². The Hall–Kier alpha value is -7.46. The number of aromatic nitrogens is 8. The number of halogens is 4. The highest BCUT2D eigenvalue weighted by Crippen LogP contribution is 2.37. The molecule has 12 nitrogen and oxygen atoms in total. The minimum absolute atomic E-state index is 0.106. The second kappa shape index (κ2) is 17.6. The molecule has 1 atom stereocenters. The summed E-state index contributed by atoms with van der Waals surface area (Å²) >= 11 is 0. The van der Waals surface area contributed by atoms with Crippen LogP contribution < -0.4 is 4.74 Å². The standard InChI is InChI=1S/C23H19F2N5O.C12H10F2N4O.C11H11N/c1-14-7-17-11-28-30(18-12-27-29(13-18)23(24)25)20(17)9-22(14)31-21-4-2-3-16-8-15(10-26)5-6-19(16)21;1-7-2-8-4-16-18(10(8)3-11(7)19)9-5-15-17(6-9)12(13)14;12-8-9-5-6-10-3-1-2-4-11(10)7-9/h5-9,11-13,21,23H,2-4H2,1H3;2-6,12,19H,1H3;5-7H,1-4H2/t21-;;/m0../s1. The molecular weight excluding hydrogens is 801 g/mol. The van der Waals surface area contributed by atoms with E-state index < -0.39 is 13.1 Å². The molecule has 0 bridgehead atoms. The van der Waals surface area contributed by atoms with Crippen LogP contribution in [0.25, 0.3) is 33.2 Å². The Kier molecular flexibility index (Phi) is 11.7. The second-order valence-electron chi connectivity index (χ2n) is 15.2. The van der Waals surface area contributed by atoms with Gasteiger partial charge < -0.3 is 9.84 Å². The fraction of sp³-hybridized carbons (Fsp3) is 0.261. The van der Waals surface area contributed by atoms with Gasteiger partial charge in [0.25, 0.3) is 0 Å². The molecule has 0 aliphatic heterocycles. The van der Waals surface area contributed by atoms with Crippen LogP contribution in [0.3, 0.4) is 0 Å². The highest BCUT2D eigenvalue weighted by Gasteiger charge is 2.24. The number of nitriles is 2. The van der Waals surface area contributed by atoms with Crippen LogP contribution in [0, 0.1) is 36.5 Å². The zero-order valence-electron chi connectivity index (χ0n) is 33.8. The summed E-state index contributed by atoms with van der Waals surface area (Å²) in [4.78, 5) is 0. The number of alkyl halides is 4. The van der Waals surface area contributed by atoms with Crippen molar-refractivity contribution in [2.24, 2.45) is 0 Å². The van der Waals surface area contributed by atoms with E-state index in [9.17, 15) is 27.9 Å². The predicted molar refractivity (Wildman–Crippen MR) is 223 cm³/mol. The van der Waals surface area contributed by atoms with E-state index in [1.54, 1.807) is 36.1 Å². The Bertz CT molecular complexity index is 2990. The van der Waals surface area contributed by atoms with Crippen LogP contribution in [-0.2, 0) is 19.3 Å². The first-order valence-corrected chi connectivity index (χ1v) is 20.0. The Morgan fingerprint density at radius 3 is 1.79 bits per heavy atom. The van der Waals surface area contributed by atoms with Gasteiger partial charge in [-0.3, -0.25) is 0 Å². The molecule has 0 spiro atoms. The Morgan fingerprint density at radius 2 is 1.19 bits per heavy atom. The summed E-state index contributed by atoms with van der Waals surface area (Å²) in [5.74, 6) is 0.855. The molecule has 0 radical (unpaired) electrons. The van der Waals surface area contributed by atoms with E-state index >= 15 is 0 Å². The molecule has 4 heterocycles. The summed E-state index contributed by atoms with van der Waals surface area (Å²) in [6, 6.07) is 23.4. The monoisotopic (exact) mass is 840 g/mol. The van der Waals surface area contributed by atoms with Crippen molar-refractivity contribution in [1.29, 1.82) is 10.5 Å². The highest BCUT2D eigenvalue weighted by molar-refractivity contribution is 5.83. The van der Waals surface area contributed by atoms with Crippen molar-refractivity contribution < 1.29 is 27.4 Å². The summed E-state index contributed by atoms with van der Waals surface area (Å²) < 4.78 is 61.4. The van der Waals surface area contributed by atoms with Crippen molar-refractivity contribution >= 4 is 21.8 Å². The van der Waals surface area contributed by atoms with Gasteiger partial charge >= 0.3 is 13.1 Å². The third kappa shape index (κ3) is 8.58. The number of nitrogens with zero attached hydrogens (tertiary/aromatic N) is 10. The van der Waals surface area contributed by atoms with Gasteiger partial charge in [0.15, 0.2) is 0 Å². The van der Waals surface area contributed by atoms with Gasteiger partial charge in [-0.1, -0.05) is 12.1 Å². The molecule has 16 heteroatoms. The van der Waals surface area contributed by atoms with Gasteiger partial charge in [0.05, 0.1) is 71.5 Å². The van der Waals surface area contributed by atoms with E-state index in [0.717, 1.165) is 75.5 Å². The number of rotatable bonds is 6. The molecule has 0 fully saturated rings. The van der Waals surface area contributed by atoms with Gasteiger partial charge in [-0.15, -0.1) is 0 Å². The van der Waals surface area contributed by atoms with Gasteiger partial charge in [0.2, 0.25) is 0 Å². The minimum atomic E-state index is -2.70. The number of ether oxygens (including phenoxy) is 1. The Morgan fingerprint density at radius 1 is 0.645 bits per heavy atom. The maximum Gasteiger partial charge on any atom is 0.333 e. The van der Waals surface area contributed by atoms with E-state index in [1.165, 1.54) is 59.9 Å². The van der Waals surface area contributed by atoms with E-state index in [0.29, 0.717) is 31.8 Å². The highest BCUT2D eigenvalue weighted by atomic mass is 19.3. The van der Waals surface area contributed by atoms with Crippen LogP contribution in [0.1, 0.15) is 89.4 Å². The maximum atomic E-state index is 12.9. The molecule has 0 saturated heterocycles. The van der Waals surface area contributed by atoms with E-state index in [2.05, 4.69) is 38.6 Å². The number of phenols is 1. The summed E-state index contributed by atoms with van der Waals surface area (Å²) in [6.07, 6.45) is 16.1. The zero-order chi connectivity index (χ0) is 43.5. The molecular formula is C46H40F4N10O2. The first-order valence-electron chi connectivity index (χ1n) is 20.0. The van der Waals surface area contributed by atoms with E-state index in [1.807, 2.05) is 49.4 Å². The molecule has 0 unspecified atom stereocenters. The van der Waals surface area contributed by atoms with Gasteiger partial charge in [0, 0.05) is 22.9 Å². The molecule has 8 aromatic rings. The fourth-order valence-electron chi connectivity index (χ4n) is 7.89. The van der Waals surface area contributed by atoms with Crippen LogP contribution in [0.5, 0.6) is 11.5 Å². The molecule has 1 N–H and O–H groups in total. The molecule has 314 valence electrons. The maximum absolute atomic E-state index is 12.9. The molecule has 2 aliphatic carbocycles. The van der Waals surface area contributed by atoms with Gasteiger partial charge in [0.1, 0.15) is 29.0 Å². The van der Waals surface area contributed by atoms with Crippen LogP contribution in [0.4, 0.5) is 17.6 Å². The molecule has 62 heavy (non-hydrogen) atoms. The predicted octanol–water partition coefficient (Wildman–Crippen LogP) is 10.3. The average Bonchev–Trinajstić information content (AvgIpc) is 4.11. The first kappa shape index (κ1) is 41.3. The van der Waals surface area contributed by atoms with E-state index in [-0.39, 0.29) is 11.9 Å². The number of fused-ring (bicyclic) bond motifs is 4. The van der Waals surface area contributed by atoms with Crippen LogP contribution in [0.15, 0.2) is 97.8 Å². The van der Waals surface area contributed by atoms with E-state index in [4.69, 9.17) is 10.00 Å². The van der Waals surface area contributed by atoms with Crippen LogP contribution in [0.2, 0.25) is 0 Å². The number of aromatic hydroxyl groups is 1. The van der Waals surface area contributed by atoms with Crippen LogP contribution >= 0.6 is 0 Å². The van der Waals surface area contributed by atoms with Crippen molar-refractivity contribution in [2.75, 3.05) is 0 Å². The van der Waals surface area contributed by atoms with Gasteiger partial charge in [-0.25, -0.2) is 18.7 Å². The van der Waals surface area contributed by atoms with Gasteiger partial charge in [-0.2, -0.15) is 48.5 Å². The van der Waals surface area contributed by atoms with Crippen molar-refractivity contribution in [2.45, 2.75) is 78.0 Å². The fourth-order valence-corrected chi connectivity index (χ4v) is 7.89. The topological polar surface area (TPSA) is 148 Å². The normalized spacial score (nSPS) is 14.3. The van der Waals surface area contributed by atoms with Gasteiger partial charge in [-0.05, 0) is 129 Å². The van der Waals surface area contributed by atoms with Crippen LogP contribution in [-0.4, -0.2) is 44.2 Å². The molecule has 2 aliphatic rings. The average molecular weight is 841 g/mol. The lowest BCUT2D eigenvalue weighted by atomic mass is 9.88. The molecule has 4 aromatic heterocycles. The summed E-state index contributed by atoms with van der Waals surface area (Å²) in [5.41, 5.74) is 10.5. The summed E-state index contributed by atoms with van der Waals surface area (Å²) in [6.45, 7) is -1.64. The summed E-state index contributed by atoms with van der Waals surface area (Å²) in [7, 11) is 0. The third-order valence-electron chi connectivity index (χ3n) is 11.1. The number of aryl methyl sites for hydroxylation is 5. The van der Waals surface area contributed by atoms with Crippen molar-refractivity contribution in [3.05, 3.63) is 142 Å². The summed E-state index contributed by atoms with van der Waals surface area (Å²) in [5, 5.41) is 45.0. The minimum Gasteiger partial charge on any atom is -0.508 e. The lowest BCUT2D eigenvalue weighted by molar-refractivity contribution is 0.0562. The third-order valence-corrected chi connectivity index (χ3v) is 11.1. The first-order chi connectivity index (χ1) is 30.0. The van der Waals surface area contributed by atoms with Crippen molar-refractivity contribution in [3.8, 4) is 35.0 Å². The quantitative estimate of drug-likeness (QED) is 0.163. The molecule has 0 saturated carbocycles. The largest absolute Gasteiger partial charge is 0.508 e. The lowest BCUT2D eigenvalue weighted by Crippen LogP contribution is -2.16. The van der Waals surface area contributed by atoms with Crippen molar-refractivity contribution in [3.63, 3.8) is 0 Å². The van der Waals surface area contributed by atoms with Crippen molar-refractivity contribution in [1.82, 2.24) is 39.1 Å². The number of benzene rings is 4. The molecule has 0 amide bonds. The second-order valence-corrected chi connectivity index (χ2v) is 15.2. The zero-order valence-corrected chi connectivity index (χ0v) is 33.8. The number of hydrogen-bond acceptors (Lipinski definition) is 8. The number of hydrogen-bond donors (Lipinski definition) is 1. The SMILES string of the molecule is Cc1cc2cnn(-c3cnn(C(F)F)c3)c2cc1O.Cc1cc2cnn(-c3cnn(C(F)F)c3)c2cc1O[C@H]1CCCc2cc(C#N)ccc21.N#Cc1ccc2c(c1)CCCC2. The number of phenolic OH excluding ortho intramolecular Hbond substituents is 1. The molecule has 10 rings (SSSR count). The lowest BCUT2D eigenvalue weighted by Gasteiger charge is -2.27. The smallest absolute Gasteiger partial charge is 0.333 e.